The summed E-state index contributed by atoms with van der Waals surface area (Å²) < 4.78 is 0. The van der Waals surface area contributed by atoms with Crippen LogP contribution in [0.2, 0.25) is 0 Å². The van der Waals surface area contributed by atoms with Crippen LogP contribution in [0, 0.1) is 0 Å². The molecule has 0 aromatic heterocycles. The molecule has 1 atom stereocenters. The van der Waals surface area contributed by atoms with E-state index in [4.69, 9.17) is 0 Å². The summed E-state index contributed by atoms with van der Waals surface area (Å²) in [6.07, 6.45) is 0.476. The first-order valence-corrected chi connectivity index (χ1v) is 9.39. The van der Waals surface area contributed by atoms with Gasteiger partial charge >= 0.3 is 6.03 Å². The van der Waals surface area contributed by atoms with Gasteiger partial charge in [-0.05, 0) is 35.0 Å². The van der Waals surface area contributed by atoms with Crippen molar-refractivity contribution in [3.8, 4) is 0 Å². The lowest BCUT2D eigenvalue weighted by molar-refractivity contribution is -0.127. The maximum atomic E-state index is 12.6. The summed E-state index contributed by atoms with van der Waals surface area (Å²) in [4.78, 5) is 40.1. The SMILES string of the molecule is CN(C)C(=O)Sc1ccc(CN2C(=O)N[C@@H](Cc3ccccc3)C2=O)cc1. The zero-order valence-electron chi connectivity index (χ0n) is 15.2. The van der Waals surface area contributed by atoms with Gasteiger partial charge < -0.3 is 10.2 Å². The first kappa shape index (κ1) is 19.0. The van der Waals surface area contributed by atoms with Crippen LogP contribution < -0.4 is 5.32 Å². The molecule has 7 heteroatoms. The van der Waals surface area contributed by atoms with Gasteiger partial charge in [0.25, 0.3) is 11.1 Å². The molecule has 2 aromatic carbocycles. The van der Waals surface area contributed by atoms with Crippen LogP contribution in [0.4, 0.5) is 9.59 Å². The highest BCUT2D eigenvalue weighted by Gasteiger charge is 2.37. The van der Waals surface area contributed by atoms with Gasteiger partial charge in [0, 0.05) is 25.4 Å². The predicted molar refractivity (Wildman–Crippen MR) is 104 cm³/mol. The van der Waals surface area contributed by atoms with Crippen LogP contribution >= 0.6 is 11.8 Å². The number of thioether (sulfide) groups is 1. The van der Waals surface area contributed by atoms with Crippen molar-refractivity contribution >= 4 is 28.9 Å². The van der Waals surface area contributed by atoms with Crippen molar-refractivity contribution in [1.29, 1.82) is 0 Å². The van der Waals surface area contributed by atoms with E-state index in [1.54, 1.807) is 14.1 Å². The fraction of sp³-hybridized carbons (Fsp3) is 0.250. The molecule has 1 heterocycles. The maximum Gasteiger partial charge on any atom is 0.325 e. The lowest BCUT2D eigenvalue weighted by atomic mass is 10.1. The van der Waals surface area contributed by atoms with E-state index in [0.717, 1.165) is 27.8 Å². The molecule has 0 unspecified atom stereocenters. The van der Waals surface area contributed by atoms with Gasteiger partial charge in [-0.3, -0.25) is 14.5 Å². The minimum atomic E-state index is -0.535. The van der Waals surface area contributed by atoms with Gasteiger partial charge in [-0.1, -0.05) is 42.5 Å². The van der Waals surface area contributed by atoms with E-state index in [2.05, 4.69) is 5.32 Å². The fourth-order valence-corrected chi connectivity index (χ4v) is 3.41. The molecule has 1 aliphatic rings. The molecule has 140 valence electrons. The van der Waals surface area contributed by atoms with Crippen LogP contribution in [0.1, 0.15) is 11.1 Å². The van der Waals surface area contributed by atoms with Gasteiger partial charge in [0.15, 0.2) is 0 Å². The first-order chi connectivity index (χ1) is 12.9. The van der Waals surface area contributed by atoms with E-state index in [9.17, 15) is 14.4 Å². The smallest absolute Gasteiger partial charge is 0.325 e. The second-order valence-corrected chi connectivity index (χ2v) is 7.55. The van der Waals surface area contributed by atoms with Crippen molar-refractivity contribution in [2.75, 3.05) is 14.1 Å². The number of nitrogens with one attached hydrogen (secondary N) is 1. The third-order valence-corrected chi connectivity index (χ3v) is 5.27. The Labute approximate surface area is 162 Å². The van der Waals surface area contributed by atoms with Gasteiger partial charge in [-0.25, -0.2) is 4.79 Å². The minimum absolute atomic E-state index is 0.0550. The number of amides is 4. The molecule has 1 fully saturated rings. The molecule has 27 heavy (non-hydrogen) atoms. The molecule has 0 saturated carbocycles. The van der Waals surface area contributed by atoms with Crippen molar-refractivity contribution in [3.05, 3.63) is 65.7 Å². The van der Waals surface area contributed by atoms with E-state index in [1.165, 1.54) is 9.80 Å². The van der Waals surface area contributed by atoms with Crippen LogP contribution in [0.15, 0.2) is 59.5 Å². The molecule has 1 aliphatic heterocycles. The first-order valence-electron chi connectivity index (χ1n) is 8.58. The standard InChI is InChI=1S/C20H21N3O3S/c1-22(2)20(26)27-16-10-8-15(9-11-16)13-23-18(24)17(21-19(23)25)12-14-6-4-3-5-7-14/h3-11,17H,12-13H2,1-2H3,(H,21,25)/t17-/m0/s1. The summed E-state index contributed by atoms with van der Waals surface area (Å²) in [5.74, 6) is -0.218. The number of carbonyl (C=O) groups excluding carboxylic acids is 3. The van der Waals surface area contributed by atoms with E-state index >= 15 is 0 Å². The highest BCUT2D eigenvalue weighted by Crippen LogP contribution is 2.22. The van der Waals surface area contributed by atoms with E-state index in [-0.39, 0.29) is 23.7 Å². The van der Waals surface area contributed by atoms with Crippen molar-refractivity contribution in [2.45, 2.75) is 23.9 Å². The Bertz CT molecular complexity index is 837. The number of hydrogen-bond donors (Lipinski definition) is 1. The molecule has 0 spiro atoms. The highest BCUT2D eigenvalue weighted by atomic mass is 32.2. The predicted octanol–water partition coefficient (Wildman–Crippen LogP) is 3.12. The van der Waals surface area contributed by atoms with Crippen LogP contribution in [-0.4, -0.2) is 47.1 Å². The van der Waals surface area contributed by atoms with Gasteiger partial charge in [0.1, 0.15) is 6.04 Å². The average Bonchev–Trinajstić information content (AvgIpc) is 2.91. The average molecular weight is 383 g/mol. The molecule has 2 aromatic rings. The second kappa shape index (κ2) is 8.26. The molecule has 6 nitrogen and oxygen atoms in total. The Morgan fingerprint density at radius 2 is 1.70 bits per heavy atom. The molecule has 0 radical (unpaired) electrons. The summed E-state index contributed by atoms with van der Waals surface area (Å²) in [5, 5.41) is 2.70. The van der Waals surface area contributed by atoms with Crippen molar-refractivity contribution in [3.63, 3.8) is 0 Å². The molecule has 0 aliphatic carbocycles. The summed E-state index contributed by atoms with van der Waals surface area (Å²) in [6, 6.07) is 16.0. The minimum Gasteiger partial charge on any atom is -0.339 e. The third kappa shape index (κ3) is 4.68. The molecule has 1 N–H and O–H groups in total. The van der Waals surface area contributed by atoms with Crippen LogP contribution in [-0.2, 0) is 17.8 Å². The number of urea groups is 1. The molecular formula is C20H21N3O3S. The zero-order valence-corrected chi connectivity index (χ0v) is 16.0. The van der Waals surface area contributed by atoms with Crippen LogP contribution in [0.5, 0.6) is 0 Å². The number of hydrogen-bond acceptors (Lipinski definition) is 4. The van der Waals surface area contributed by atoms with Gasteiger partial charge in [0.05, 0.1) is 6.54 Å². The van der Waals surface area contributed by atoms with Crippen LogP contribution in [0.3, 0.4) is 0 Å². The molecule has 4 amide bonds. The largest absolute Gasteiger partial charge is 0.339 e. The third-order valence-electron chi connectivity index (χ3n) is 4.22. The molecule has 1 saturated heterocycles. The Hall–Kier alpha value is -2.80. The number of imide groups is 1. The van der Waals surface area contributed by atoms with Gasteiger partial charge in [-0.2, -0.15) is 0 Å². The Balaban J connectivity index is 1.62. The summed E-state index contributed by atoms with van der Waals surface area (Å²) in [5.41, 5.74) is 1.84. The van der Waals surface area contributed by atoms with Crippen LogP contribution in [0.25, 0.3) is 0 Å². The fourth-order valence-electron chi connectivity index (χ4n) is 2.75. The summed E-state index contributed by atoms with van der Waals surface area (Å²) in [7, 11) is 3.40. The normalized spacial score (nSPS) is 16.4. The molecule has 0 bridgehead atoms. The Kier molecular flexibility index (Phi) is 5.81. The zero-order chi connectivity index (χ0) is 19.4. The maximum absolute atomic E-state index is 12.6. The lowest BCUT2D eigenvalue weighted by Gasteiger charge is -2.14. The quantitative estimate of drug-likeness (QED) is 0.636. The number of rotatable bonds is 5. The van der Waals surface area contributed by atoms with Crippen molar-refractivity contribution in [2.24, 2.45) is 0 Å². The number of benzene rings is 2. The Morgan fingerprint density at radius 3 is 2.33 bits per heavy atom. The molecule has 3 rings (SSSR count). The van der Waals surface area contributed by atoms with E-state index in [1.807, 2.05) is 54.6 Å². The highest BCUT2D eigenvalue weighted by molar-refractivity contribution is 8.13. The van der Waals surface area contributed by atoms with Gasteiger partial charge in [0.2, 0.25) is 0 Å². The van der Waals surface area contributed by atoms with Crippen molar-refractivity contribution in [1.82, 2.24) is 15.1 Å². The molecular weight excluding hydrogens is 362 g/mol. The number of carbonyl (C=O) groups is 3. The van der Waals surface area contributed by atoms with E-state index < -0.39 is 6.04 Å². The second-order valence-electron chi connectivity index (χ2n) is 6.52. The topological polar surface area (TPSA) is 69.7 Å². The van der Waals surface area contributed by atoms with E-state index in [0.29, 0.717) is 6.42 Å². The Morgan fingerprint density at radius 1 is 1.04 bits per heavy atom. The number of nitrogens with zero attached hydrogens (tertiary/aromatic N) is 2. The van der Waals surface area contributed by atoms with Crippen molar-refractivity contribution < 1.29 is 14.4 Å². The lowest BCUT2D eigenvalue weighted by Crippen LogP contribution is -2.32. The summed E-state index contributed by atoms with van der Waals surface area (Å²) in [6.45, 7) is 0.211. The van der Waals surface area contributed by atoms with Gasteiger partial charge in [-0.15, -0.1) is 0 Å². The summed E-state index contributed by atoms with van der Waals surface area (Å²) >= 11 is 1.13. The monoisotopic (exact) mass is 383 g/mol.